The first-order valence-electron chi connectivity index (χ1n) is 12.1. The zero-order chi connectivity index (χ0) is 26.3. The summed E-state index contributed by atoms with van der Waals surface area (Å²) in [7, 11) is -3.80. The first-order valence-corrected chi connectivity index (χ1v) is 13.6. The Kier molecular flexibility index (Phi) is 6.69. The van der Waals surface area contributed by atoms with Gasteiger partial charge in [-0.3, -0.25) is 4.72 Å². The van der Waals surface area contributed by atoms with Crippen LogP contribution >= 0.6 is 0 Å². The Balaban J connectivity index is 1.84. The first-order chi connectivity index (χ1) is 16.8. The van der Waals surface area contributed by atoms with Gasteiger partial charge in [0.1, 0.15) is 29.0 Å². The molecule has 0 aliphatic rings. The van der Waals surface area contributed by atoms with Crippen LogP contribution in [0.5, 0.6) is 0 Å². The van der Waals surface area contributed by atoms with Crippen LogP contribution in [-0.4, -0.2) is 8.42 Å². The molecule has 1 N–H and O–H groups in total. The van der Waals surface area contributed by atoms with Crippen LogP contribution in [0.1, 0.15) is 81.6 Å². The molecule has 0 aliphatic carbocycles. The average molecular weight is 506 g/mol. The maximum absolute atomic E-state index is 13.3. The van der Waals surface area contributed by atoms with Crippen LogP contribution in [0.2, 0.25) is 0 Å². The van der Waals surface area contributed by atoms with Gasteiger partial charge in [0.15, 0.2) is 0 Å². The van der Waals surface area contributed by atoms with E-state index in [1.54, 1.807) is 30.3 Å². The van der Waals surface area contributed by atoms with Gasteiger partial charge in [-0.2, -0.15) is 0 Å². The number of hydrogen-bond acceptors (Lipinski definition) is 4. The van der Waals surface area contributed by atoms with E-state index in [1.807, 2.05) is 49.4 Å². The zero-order valence-corrected chi connectivity index (χ0v) is 22.9. The normalized spacial score (nSPS) is 12.8. The molecule has 0 atom stereocenters. The van der Waals surface area contributed by atoms with Gasteiger partial charge >= 0.3 is 0 Å². The minimum Gasteiger partial charge on any atom is -0.464 e. The van der Waals surface area contributed by atoms with Gasteiger partial charge in [-0.1, -0.05) is 77.4 Å². The Morgan fingerprint density at radius 3 is 1.67 bits per heavy atom. The van der Waals surface area contributed by atoms with E-state index in [2.05, 4.69) is 46.3 Å². The van der Waals surface area contributed by atoms with Crippen molar-refractivity contribution in [2.45, 2.75) is 70.1 Å². The van der Waals surface area contributed by atoms with Crippen molar-refractivity contribution < 1.29 is 17.3 Å². The molecule has 0 bridgehead atoms. The van der Waals surface area contributed by atoms with Gasteiger partial charge in [-0.05, 0) is 55.0 Å². The summed E-state index contributed by atoms with van der Waals surface area (Å²) in [5, 5.41) is 0. The monoisotopic (exact) mass is 505 g/mol. The number of furan rings is 2. The summed E-state index contributed by atoms with van der Waals surface area (Å²) in [5.41, 5.74) is 1.88. The van der Waals surface area contributed by atoms with Crippen LogP contribution in [-0.2, 0) is 20.9 Å². The molecule has 2 aromatic heterocycles. The Labute approximate surface area is 214 Å². The quantitative estimate of drug-likeness (QED) is 0.291. The molecule has 4 rings (SSSR count). The summed E-state index contributed by atoms with van der Waals surface area (Å²) in [6, 6.07) is 22.1. The molecule has 0 amide bonds. The van der Waals surface area contributed by atoms with Gasteiger partial charge in [-0.15, -0.1) is 0 Å². The van der Waals surface area contributed by atoms with Crippen molar-refractivity contribution in [2.75, 3.05) is 4.72 Å². The number of anilines is 1. The minimum atomic E-state index is -3.80. The van der Waals surface area contributed by atoms with E-state index < -0.39 is 15.9 Å². The largest absolute Gasteiger partial charge is 0.464 e. The number of hydrogen-bond donors (Lipinski definition) is 1. The molecule has 0 radical (unpaired) electrons. The third kappa shape index (κ3) is 5.44. The maximum atomic E-state index is 13.3. The third-order valence-electron chi connectivity index (χ3n) is 6.15. The smallest absolute Gasteiger partial charge is 0.261 e. The number of para-hydroxylation sites is 1. The zero-order valence-electron chi connectivity index (χ0n) is 22.0. The SMILES string of the molecule is Cc1ccc(S(=O)(=O)Nc2ccccc2C(c2ccc(C(C)(C)C)o2)c2ccc(C(C)(C)C)o2)cc1. The molecule has 0 unspecified atom stereocenters. The van der Waals surface area contributed by atoms with Crippen LogP contribution in [0, 0.1) is 6.92 Å². The minimum absolute atomic E-state index is 0.172. The molecular formula is C30H35NO4S. The molecule has 0 spiro atoms. The summed E-state index contributed by atoms with van der Waals surface area (Å²) in [6.07, 6.45) is 0. The highest BCUT2D eigenvalue weighted by atomic mass is 32.2. The molecule has 5 nitrogen and oxygen atoms in total. The number of aryl methyl sites for hydroxylation is 1. The Hall–Kier alpha value is -3.25. The summed E-state index contributed by atoms with van der Waals surface area (Å²) < 4.78 is 42.1. The van der Waals surface area contributed by atoms with E-state index >= 15 is 0 Å². The summed E-state index contributed by atoms with van der Waals surface area (Å²) >= 11 is 0. The molecule has 0 saturated heterocycles. The van der Waals surface area contributed by atoms with Gasteiger partial charge in [0.05, 0.1) is 10.6 Å². The molecule has 0 fully saturated rings. The van der Waals surface area contributed by atoms with E-state index in [9.17, 15) is 8.42 Å². The van der Waals surface area contributed by atoms with Gasteiger partial charge < -0.3 is 8.83 Å². The molecule has 36 heavy (non-hydrogen) atoms. The van der Waals surface area contributed by atoms with Gasteiger partial charge in [0.2, 0.25) is 0 Å². The van der Waals surface area contributed by atoms with Crippen LogP contribution in [0.25, 0.3) is 0 Å². The standard InChI is InChI=1S/C30H35NO4S/c1-20-12-14-21(15-13-20)36(32,33)31-23-11-9-8-10-22(23)28(24-16-18-26(34-24)29(2,3)4)25-17-19-27(35-25)30(5,6)7/h8-19,28,31H,1-7H3. The Morgan fingerprint density at radius 1 is 0.694 bits per heavy atom. The average Bonchev–Trinajstić information content (AvgIpc) is 3.46. The van der Waals surface area contributed by atoms with Gasteiger partial charge in [0, 0.05) is 10.8 Å². The second-order valence-electron chi connectivity index (χ2n) is 11.3. The highest BCUT2D eigenvalue weighted by Gasteiger charge is 2.30. The van der Waals surface area contributed by atoms with E-state index in [-0.39, 0.29) is 15.7 Å². The van der Waals surface area contributed by atoms with Crippen molar-refractivity contribution in [2.24, 2.45) is 0 Å². The van der Waals surface area contributed by atoms with E-state index in [4.69, 9.17) is 8.83 Å². The van der Waals surface area contributed by atoms with Gasteiger partial charge in [0.25, 0.3) is 10.0 Å². The van der Waals surface area contributed by atoms with Crippen molar-refractivity contribution in [3.05, 3.63) is 107 Å². The maximum Gasteiger partial charge on any atom is 0.261 e. The fraction of sp³-hybridized carbons (Fsp3) is 0.333. The van der Waals surface area contributed by atoms with E-state index in [1.165, 1.54) is 0 Å². The lowest BCUT2D eigenvalue weighted by molar-refractivity contribution is 0.354. The van der Waals surface area contributed by atoms with Crippen LogP contribution in [0.3, 0.4) is 0 Å². The molecule has 6 heteroatoms. The topological polar surface area (TPSA) is 72.5 Å². The molecule has 2 aromatic carbocycles. The van der Waals surface area contributed by atoms with Crippen LogP contribution in [0.4, 0.5) is 5.69 Å². The second-order valence-corrected chi connectivity index (χ2v) is 13.0. The molecule has 0 aliphatic heterocycles. The summed E-state index contributed by atoms with van der Waals surface area (Å²) in [6.45, 7) is 14.5. The lowest BCUT2D eigenvalue weighted by Gasteiger charge is -2.20. The number of rotatable bonds is 6. The van der Waals surface area contributed by atoms with E-state index in [0.29, 0.717) is 17.2 Å². The molecule has 2 heterocycles. The molecule has 0 saturated carbocycles. The number of nitrogens with one attached hydrogen (secondary N) is 1. The Morgan fingerprint density at radius 2 is 1.19 bits per heavy atom. The third-order valence-corrected chi connectivity index (χ3v) is 7.53. The predicted octanol–water partition coefficient (Wildman–Crippen LogP) is 7.76. The highest BCUT2D eigenvalue weighted by molar-refractivity contribution is 7.92. The number of sulfonamides is 1. The second kappa shape index (κ2) is 9.32. The fourth-order valence-electron chi connectivity index (χ4n) is 4.03. The Bertz CT molecular complexity index is 1390. The van der Waals surface area contributed by atoms with E-state index in [0.717, 1.165) is 22.6 Å². The summed E-state index contributed by atoms with van der Waals surface area (Å²) in [4.78, 5) is 0.209. The summed E-state index contributed by atoms with van der Waals surface area (Å²) in [5.74, 6) is 2.65. The predicted molar refractivity (Wildman–Crippen MR) is 144 cm³/mol. The van der Waals surface area contributed by atoms with Crippen LogP contribution in [0.15, 0.2) is 86.5 Å². The highest BCUT2D eigenvalue weighted by Crippen LogP contribution is 2.41. The first kappa shape index (κ1) is 25.8. The molecule has 190 valence electrons. The molecular weight excluding hydrogens is 470 g/mol. The van der Waals surface area contributed by atoms with Crippen molar-refractivity contribution in [3.8, 4) is 0 Å². The van der Waals surface area contributed by atoms with Crippen molar-refractivity contribution >= 4 is 15.7 Å². The lowest BCUT2D eigenvalue weighted by atomic mass is 9.92. The van der Waals surface area contributed by atoms with Crippen molar-refractivity contribution in [1.29, 1.82) is 0 Å². The molecule has 4 aromatic rings. The van der Waals surface area contributed by atoms with Crippen molar-refractivity contribution in [1.82, 2.24) is 0 Å². The lowest BCUT2D eigenvalue weighted by Crippen LogP contribution is -2.16. The van der Waals surface area contributed by atoms with Crippen LogP contribution < -0.4 is 4.72 Å². The van der Waals surface area contributed by atoms with Crippen molar-refractivity contribution in [3.63, 3.8) is 0 Å². The number of benzene rings is 2. The fourth-order valence-corrected chi connectivity index (χ4v) is 5.12. The van der Waals surface area contributed by atoms with Gasteiger partial charge in [-0.25, -0.2) is 8.42 Å².